The largest absolute Gasteiger partial charge is 0.393 e. The maximum absolute atomic E-state index is 12.7. The fraction of sp³-hybridized carbons (Fsp3) is 0.500. The lowest BCUT2D eigenvalue weighted by molar-refractivity contribution is 0.0385. The van der Waals surface area contributed by atoms with Crippen molar-refractivity contribution in [3.05, 3.63) is 42.4 Å². The maximum atomic E-state index is 12.7. The van der Waals surface area contributed by atoms with E-state index >= 15 is 0 Å². The highest BCUT2D eigenvalue weighted by molar-refractivity contribution is 5.93. The molecule has 1 aliphatic rings. The first-order valence-electron chi connectivity index (χ1n) is 9.25. The molecule has 1 amide bonds. The third-order valence-corrected chi connectivity index (χ3v) is 4.88. The van der Waals surface area contributed by atoms with Gasteiger partial charge in [0.25, 0.3) is 5.91 Å². The molecule has 6 nitrogen and oxygen atoms in total. The average molecular weight is 354 g/mol. The lowest BCUT2D eigenvalue weighted by atomic mass is 9.87. The number of aliphatic hydroxyl groups is 1. The molecule has 0 aliphatic carbocycles. The van der Waals surface area contributed by atoms with E-state index in [2.05, 4.69) is 28.8 Å². The number of rotatable bonds is 5. The molecule has 0 unspecified atom stereocenters. The summed E-state index contributed by atoms with van der Waals surface area (Å²) >= 11 is 0. The van der Waals surface area contributed by atoms with Crippen LogP contribution in [-0.2, 0) is 0 Å². The molecule has 2 aromatic rings. The van der Waals surface area contributed by atoms with Gasteiger partial charge in [-0.25, -0.2) is 9.97 Å². The Bertz CT molecular complexity index is 710. The standard InChI is InChI=1S/C20H26N4O2/c1-14(2)11-18(25)15-6-9-24(10-7-15)20(26)16-12-22-19(23-13-16)17-5-3-4-8-21-17/h3-5,8,12-15,18,25H,6-7,9-11H2,1-2H3/t18-/m1/s1. The monoisotopic (exact) mass is 354 g/mol. The van der Waals surface area contributed by atoms with Crippen molar-refractivity contribution in [3.63, 3.8) is 0 Å². The molecule has 0 saturated carbocycles. The molecule has 3 heterocycles. The van der Waals surface area contributed by atoms with Crippen LogP contribution in [-0.4, -0.2) is 50.1 Å². The fourth-order valence-electron chi connectivity index (χ4n) is 3.41. The van der Waals surface area contributed by atoms with Crippen molar-refractivity contribution in [1.82, 2.24) is 19.9 Å². The van der Waals surface area contributed by atoms with Gasteiger partial charge in [0.05, 0.1) is 11.7 Å². The van der Waals surface area contributed by atoms with Gasteiger partial charge in [0.2, 0.25) is 0 Å². The summed E-state index contributed by atoms with van der Waals surface area (Å²) in [5.41, 5.74) is 1.18. The quantitative estimate of drug-likeness (QED) is 0.893. The van der Waals surface area contributed by atoms with Gasteiger partial charge in [-0.1, -0.05) is 19.9 Å². The van der Waals surface area contributed by atoms with Crippen LogP contribution in [0.4, 0.5) is 0 Å². The fourth-order valence-corrected chi connectivity index (χ4v) is 3.41. The number of nitrogens with zero attached hydrogens (tertiary/aromatic N) is 4. The van der Waals surface area contributed by atoms with Crippen LogP contribution in [0.1, 0.15) is 43.5 Å². The van der Waals surface area contributed by atoms with E-state index in [9.17, 15) is 9.90 Å². The lowest BCUT2D eigenvalue weighted by Crippen LogP contribution is -2.41. The molecule has 0 aromatic carbocycles. The van der Waals surface area contributed by atoms with E-state index in [1.54, 1.807) is 18.6 Å². The molecule has 6 heteroatoms. The predicted molar refractivity (Wildman–Crippen MR) is 99.4 cm³/mol. The molecule has 1 fully saturated rings. The van der Waals surface area contributed by atoms with E-state index in [0.717, 1.165) is 19.3 Å². The number of hydrogen-bond acceptors (Lipinski definition) is 5. The molecule has 0 spiro atoms. The zero-order chi connectivity index (χ0) is 18.5. The molecule has 2 aromatic heterocycles. The second-order valence-corrected chi connectivity index (χ2v) is 7.34. The Morgan fingerprint density at radius 3 is 2.46 bits per heavy atom. The minimum Gasteiger partial charge on any atom is -0.393 e. The zero-order valence-corrected chi connectivity index (χ0v) is 15.4. The second-order valence-electron chi connectivity index (χ2n) is 7.34. The molecule has 1 atom stereocenters. The van der Waals surface area contributed by atoms with Gasteiger partial charge in [-0.05, 0) is 43.2 Å². The highest BCUT2D eigenvalue weighted by Gasteiger charge is 2.28. The van der Waals surface area contributed by atoms with Gasteiger partial charge in [0.1, 0.15) is 5.69 Å². The number of aliphatic hydroxyl groups excluding tert-OH is 1. The van der Waals surface area contributed by atoms with Gasteiger partial charge in [-0.2, -0.15) is 0 Å². The average Bonchev–Trinajstić information content (AvgIpc) is 2.68. The number of carbonyl (C=O) groups is 1. The molecule has 26 heavy (non-hydrogen) atoms. The Hall–Kier alpha value is -2.34. The number of amides is 1. The summed E-state index contributed by atoms with van der Waals surface area (Å²) < 4.78 is 0. The molecule has 1 N–H and O–H groups in total. The molecular weight excluding hydrogens is 328 g/mol. The van der Waals surface area contributed by atoms with Gasteiger partial charge in [-0.3, -0.25) is 9.78 Å². The number of likely N-dealkylation sites (tertiary alicyclic amines) is 1. The Morgan fingerprint density at radius 2 is 1.88 bits per heavy atom. The van der Waals surface area contributed by atoms with Gasteiger partial charge in [-0.15, -0.1) is 0 Å². The highest BCUT2D eigenvalue weighted by atomic mass is 16.3. The summed E-state index contributed by atoms with van der Waals surface area (Å²) in [6, 6.07) is 5.55. The summed E-state index contributed by atoms with van der Waals surface area (Å²) in [6.45, 7) is 5.58. The number of piperidine rings is 1. The number of hydrogen-bond donors (Lipinski definition) is 1. The predicted octanol–water partition coefficient (Wildman–Crippen LogP) is 2.80. The molecule has 0 radical (unpaired) electrons. The van der Waals surface area contributed by atoms with E-state index in [1.165, 1.54) is 0 Å². The Balaban J connectivity index is 1.59. The van der Waals surface area contributed by atoms with Crippen molar-refractivity contribution in [2.24, 2.45) is 11.8 Å². The van der Waals surface area contributed by atoms with Gasteiger partial charge < -0.3 is 10.0 Å². The van der Waals surface area contributed by atoms with Gasteiger partial charge >= 0.3 is 0 Å². The summed E-state index contributed by atoms with van der Waals surface area (Å²) in [5, 5.41) is 10.3. The second kappa shape index (κ2) is 8.36. The van der Waals surface area contributed by atoms with Gasteiger partial charge in [0.15, 0.2) is 5.82 Å². The lowest BCUT2D eigenvalue weighted by Gasteiger charge is -2.34. The molecule has 1 aliphatic heterocycles. The summed E-state index contributed by atoms with van der Waals surface area (Å²) in [5.74, 6) is 1.23. The minimum absolute atomic E-state index is 0.0469. The number of pyridine rings is 1. The van der Waals surface area contributed by atoms with Crippen LogP contribution in [0.5, 0.6) is 0 Å². The first-order valence-corrected chi connectivity index (χ1v) is 9.25. The summed E-state index contributed by atoms with van der Waals surface area (Å²) in [4.78, 5) is 27.3. The van der Waals surface area contributed by atoms with Crippen molar-refractivity contribution < 1.29 is 9.90 Å². The van der Waals surface area contributed by atoms with Crippen molar-refractivity contribution in [1.29, 1.82) is 0 Å². The first-order chi connectivity index (χ1) is 12.5. The third kappa shape index (κ3) is 4.43. The Labute approximate surface area is 154 Å². The Kier molecular flexibility index (Phi) is 5.93. The highest BCUT2D eigenvalue weighted by Crippen LogP contribution is 2.25. The van der Waals surface area contributed by atoms with Crippen LogP contribution in [0.3, 0.4) is 0 Å². The van der Waals surface area contributed by atoms with Crippen molar-refractivity contribution in [2.75, 3.05) is 13.1 Å². The van der Waals surface area contributed by atoms with Gasteiger partial charge in [0, 0.05) is 31.7 Å². The Morgan fingerprint density at radius 1 is 1.19 bits per heavy atom. The van der Waals surface area contributed by atoms with Crippen LogP contribution < -0.4 is 0 Å². The maximum Gasteiger partial charge on any atom is 0.256 e. The smallest absolute Gasteiger partial charge is 0.256 e. The van der Waals surface area contributed by atoms with Crippen LogP contribution in [0.15, 0.2) is 36.8 Å². The van der Waals surface area contributed by atoms with Crippen LogP contribution in [0.25, 0.3) is 11.5 Å². The number of carbonyl (C=O) groups excluding carboxylic acids is 1. The van der Waals surface area contributed by atoms with Crippen molar-refractivity contribution in [3.8, 4) is 11.5 Å². The summed E-state index contributed by atoms with van der Waals surface area (Å²) in [6.07, 6.45) is 7.06. The molecule has 1 saturated heterocycles. The van der Waals surface area contributed by atoms with Crippen LogP contribution >= 0.6 is 0 Å². The first kappa shape index (κ1) is 18.5. The van der Waals surface area contributed by atoms with E-state index in [-0.39, 0.29) is 17.9 Å². The van der Waals surface area contributed by atoms with E-state index in [0.29, 0.717) is 36.1 Å². The van der Waals surface area contributed by atoms with E-state index in [4.69, 9.17) is 0 Å². The molecular formula is C20H26N4O2. The molecule has 138 valence electrons. The van der Waals surface area contributed by atoms with E-state index in [1.807, 2.05) is 23.1 Å². The minimum atomic E-state index is -0.270. The molecule has 3 rings (SSSR count). The van der Waals surface area contributed by atoms with Crippen molar-refractivity contribution in [2.45, 2.75) is 39.2 Å². The molecule has 0 bridgehead atoms. The number of aromatic nitrogens is 3. The van der Waals surface area contributed by atoms with Crippen LogP contribution in [0.2, 0.25) is 0 Å². The SMILES string of the molecule is CC(C)C[C@@H](O)C1CCN(C(=O)c2cnc(-c3ccccn3)nc2)CC1. The van der Waals surface area contributed by atoms with Crippen molar-refractivity contribution >= 4 is 5.91 Å². The normalized spacial score (nSPS) is 16.7. The summed E-state index contributed by atoms with van der Waals surface area (Å²) in [7, 11) is 0. The topological polar surface area (TPSA) is 79.2 Å². The zero-order valence-electron chi connectivity index (χ0n) is 15.4. The van der Waals surface area contributed by atoms with E-state index < -0.39 is 0 Å². The van der Waals surface area contributed by atoms with Crippen LogP contribution in [0, 0.1) is 11.8 Å². The third-order valence-electron chi connectivity index (χ3n) is 4.88.